The smallest absolute Gasteiger partial charge is 0.471 e. The van der Waals surface area contributed by atoms with E-state index in [4.69, 9.17) is 19.9 Å². The summed E-state index contributed by atoms with van der Waals surface area (Å²) in [5.74, 6) is 2.83. The first-order valence-corrected chi connectivity index (χ1v) is 13.7. The molecule has 2 atom stereocenters. The van der Waals surface area contributed by atoms with Gasteiger partial charge in [-0.1, -0.05) is 32.6 Å². The predicted molar refractivity (Wildman–Crippen MR) is 156 cm³/mol. The number of hydrogen-bond acceptors (Lipinski definition) is 11. The van der Waals surface area contributed by atoms with Crippen molar-refractivity contribution in [2.75, 3.05) is 26.0 Å². The van der Waals surface area contributed by atoms with Crippen LogP contribution in [0.15, 0.2) is 36.2 Å². The van der Waals surface area contributed by atoms with Gasteiger partial charge >= 0.3 is 12.1 Å². The first-order valence-electron chi connectivity index (χ1n) is 13.7. The molecule has 5 N–H and O–H groups in total. The molecule has 3 heterocycles. The highest BCUT2D eigenvalue weighted by Crippen LogP contribution is 2.44. The van der Waals surface area contributed by atoms with Crippen molar-refractivity contribution in [3.05, 3.63) is 63.0 Å². The molecule has 0 aliphatic carbocycles. The number of nitro benzene ring substituents is 1. The van der Waals surface area contributed by atoms with E-state index >= 15 is 0 Å². The second-order valence-electron chi connectivity index (χ2n) is 11.2. The fourth-order valence-corrected chi connectivity index (χ4v) is 4.91. The Bertz CT molecular complexity index is 1750. The number of hydrogen-bond donors (Lipinski definition) is 4. The summed E-state index contributed by atoms with van der Waals surface area (Å²) in [7, 11) is 1.30. The number of alkyl halides is 3. The van der Waals surface area contributed by atoms with Gasteiger partial charge in [0.15, 0.2) is 12.0 Å². The summed E-state index contributed by atoms with van der Waals surface area (Å²) in [5, 5.41) is 33.9. The zero-order valence-electron chi connectivity index (χ0n) is 25.1. The Morgan fingerprint density at radius 3 is 2.63 bits per heavy atom. The summed E-state index contributed by atoms with van der Waals surface area (Å²) in [5.41, 5.74) is 6.12. The molecule has 1 aliphatic heterocycles. The molecule has 14 nitrogen and oxygen atoms in total. The van der Waals surface area contributed by atoms with Crippen molar-refractivity contribution in [1.82, 2.24) is 19.9 Å². The van der Waals surface area contributed by atoms with Gasteiger partial charge in [-0.25, -0.2) is 9.97 Å². The van der Waals surface area contributed by atoms with Gasteiger partial charge in [-0.05, 0) is 11.5 Å². The molecule has 0 radical (unpaired) electrons. The van der Waals surface area contributed by atoms with E-state index < -0.39 is 47.9 Å². The standard InChI is InChI=1S/C29H31F3N6O8/c1-28(2,3)24(17-9-20(44-4)15(8-18(17)38(42)43)6-5-7-34-27(41)29(30,31)32)45-13-16-11-37(22-10-19(40)21(12-39)46-22)26-23(16)25(33)35-14-36-26/h8-9,11,14,22,24,39-40H,7,10,12-13H2,1-4H3,(H,34,41)(H2,33,35,36)/t22-,24-/m1/s1. The number of nitrogen functional groups attached to an aromatic ring is 1. The lowest BCUT2D eigenvalue weighted by Gasteiger charge is -2.31. The Kier molecular flexibility index (Phi) is 9.63. The molecule has 0 bridgehead atoms. The van der Waals surface area contributed by atoms with Crippen LogP contribution in [0, 0.1) is 27.4 Å². The van der Waals surface area contributed by atoms with Gasteiger partial charge in [0.05, 0.1) is 54.2 Å². The highest BCUT2D eigenvalue weighted by atomic mass is 19.4. The van der Waals surface area contributed by atoms with Crippen LogP contribution in [0.25, 0.3) is 11.0 Å². The number of fused-ring (bicyclic) bond motifs is 1. The molecule has 3 aromatic rings. The molecule has 1 amide bonds. The maximum atomic E-state index is 12.5. The van der Waals surface area contributed by atoms with Crippen molar-refractivity contribution < 1.29 is 47.3 Å². The Morgan fingerprint density at radius 1 is 1.33 bits per heavy atom. The van der Waals surface area contributed by atoms with Crippen molar-refractivity contribution in [2.24, 2.45) is 5.41 Å². The highest BCUT2D eigenvalue weighted by Gasteiger charge is 2.38. The minimum atomic E-state index is -5.08. The number of aromatic nitrogens is 3. The van der Waals surface area contributed by atoms with Crippen molar-refractivity contribution in [3.63, 3.8) is 0 Å². The molecule has 0 saturated carbocycles. The van der Waals surface area contributed by atoms with E-state index in [0.29, 0.717) is 16.6 Å². The summed E-state index contributed by atoms with van der Waals surface area (Å²) in [6, 6.07) is 2.51. The highest BCUT2D eigenvalue weighted by molar-refractivity contribution is 5.89. The normalized spacial score (nSPS) is 15.7. The van der Waals surface area contributed by atoms with Gasteiger partial charge in [0, 0.05) is 17.8 Å². The summed E-state index contributed by atoms with van der Waals surface area (Å²) in [6.45, 7) is 4.15. The van der Waals surface area contributed by atoms with E-state index in [9.17, 15) is 38.3 Å². The van der Waals surface area contributed by atoms with Crippen LogP contribution in [0.3, 0.4) is 0 Å². The molecular weight excluding hydrogens is 617 g/mol. The first kappa shape index (κ1) is 33.8. The first-order chi connectivity index (χ1) is 21.6. The second-order valence-corrected chi connectivity index (χ2v) is 11.2. The number of carbonyl (C=O) groups is 1. The second kappa shape index (κ2) is 13.1. The number of amides is 1. The number of methoxy groups -OCH3 is 1. The Morgan fingerprint density at radius 2 is 2.04 bits per heavy atom. The number of anilines is 1. The predicted octanol–water partition coefficient (Wildman–Crippen LogP) is 3.95. The van der Waals surface area contributed by atoms with E-state index in [0.717, 1.165) is 6.07 Å². The summed E-state index contributed by atoms with van der Waals surface area (Å²) < 4.78 is 56.4. The van der Waals surface area contributed by atoms with Crippen LogP contribution in [0.2, 0.25) is 0 Å². The van der Waals surface area contributed by atoms with Crippen molar-refractivity contribution >= 4 is 28.4 Å². The number of carbonyl (C=O) groups excluding carboxylic acids is 1. The SMILES string of the molecule is COc1cc([C@@H](OCc2cn([C@H]3CC(O)=C(CO)O3)c3ncnc(N)c23)C(C)(C)C)c([N+](=O)[O-])cc1C#CCNC(=O)C(F)(F)F. The van der Waals surface area contributed by atoms with Gasteiger partial charge in [0.2, 0.25) is 0 Å². The molecule has 1 aromatic carbocycles. The van der Waals surface area contributed by atoms with Crippen molar-refractivity contribution in [2.45, 2.75) is 52.3 Å². The number of nitrogens with one attached hydrogen (secondary N) is 1. The molecule has 0 saturated heterocycles. The Hall–Kier alpha value is -5.08. The number of nitro groups is 1. The maximum Gasteiger partial charge on any atom is 0.471 e. The number of aliphatic hydroxyl groups excluding tert-OH is 2. The average Bonchev–Trinajstić information content (AvgIpc) is 3.54. The molecule has 17 heteroatoms. The van der Waals surface area contributed by atoms with E-state index in [1.165, 1.54) is 19.5 Å². The third-order valence-corrected chi connectivity index (χ3v) is 6.98. The molecule has 46 heavy (non-hydrogen) atoms. The number of nitrogens with zero attached hydrogens (tertiary/aromatic N) is 4. The molecule has 2 aromatic heterocycles. The van der Waals surface area contributed by atoms with Crippen molar-refractivity contribution in [1.29, 1.82) is 0 Å². The number of halogens is 3. The zero-order valence-corrected chi connectivity index (χ0v) is 25.1. The average molecular weight is 649 g/mol. The summed E-state index contributed by atoms with van der Waals surface area (Å²) >= 11 is 0. The lowest BCUT2D eigenvalue weighted by atomic mass is 9.83. The number of aliphatic hydroxyl groups is 2. The van der Waals surface area contributed by atoms with Gasteiger partial charge in [-0.3, -0.25) is 19.5 Å². The number of nitrogens with two attached hydrogens (primary N) is 1. The van der Waals surface area contributed by atoms with Crippen LogP contribution < -0.4 is 15.8 Å². The van der Waals surface area contributed by atoms with Crippen LogP contribution in [0.4, 0.5) is 24.7 Å². The fourth-order valence-electron chi connectivity index (χ4n) is 4.91. The van der Waals surface area contributed by atoms with E-state index in [-0.39, 0.29) is 52.9 Å². The molecule has 1 aliphatic rings. The van der Waals surface area contributed by atoms with Gasteiger partial charge < -0.3 is 35.5 Å². The number of ether oxygens (including phenoxy) is 3. The lowest BCUT2D eigenvalue weighted by Crippen LogP contribution is -2.36. The zero-order chi connectivity index (χ0) is 34.0. The summed E-state index contributed by atoms with van der Waals surface area (Å²) in [4.78, 5) is 31.0. The van der Waals surface area contributed by atoms with Gasteiger partial charge in [0.25, 0.3) is 5.69 Å². The molecule has 4 rings (SSSR count). The van der Waals surface area contributed by atoms with E-state index in [2.05, 4.69) is 21.8 Å². The third-order valence-electron chi connectivity index (χ3n) is 6.98. The topological polar surface area (TPSA) is 197 Å². The minimum absolute atomic E-state index is 0.00975. The molecular formula is C29H31F3N6O8. The van der Waals surface area contributed by atoms with Crippen LogP contribution in [0.1, 0.15) is 56.2 Å². The Labute approximate surface area is 260 Å². The van der Waals surface area contributed by atoms with Gasteiger partial charge in [-0.15, -0.1) is 0 Å². The Balaban J connectivity index is 1.69. The fraction of sp³-hybridized carbons (Fsp3) is 0.414. The van der Waals surface area contributed by atoms with Crippen LogP contribution >= 0.6 is 0 Å². The maximum absolute atomic E-state index is 12.5. The van der Waals surface area contributed by atoms with E-state index in [1.807, 2.05) is 20.8 Å². The van der Waals surface area contributed by atoms with Gasteiger partial charge in [0.1, 0.15) is 35.9 Å². The van der Waals surface area contributed by atoms with Gasteiger partial charge in [-0.2, -0.15) is 13.2 Å². The minimum Gasteiger partial charge on any atom is -0.508 e. The largest absolute Gasteiger partial charge is 0.508 e. The van der Waals surface area contributed by atoms with Crippen LogP contribution in [0.5, 0.6) is 5.75 Å². The van der Waals surface area contributed by atoms with E-state index in [1.54, 1.807) is 16.1 Å². The lowest BCUT2D eigenvalue weighted by molar-refractivity contribution is -0.386. The molecule has 0 unspecified atom stereocenters. The quantitative estimate of drug-likeness (QED) is 0.149. The number of benzene rings is 1. The van der Waals surface area contributed by atoms with Crippen molar-refractivity contribution in [3.8, 4) is 17.6 Å². The molecule has 246 valence electrons. The van der Waals surface area contributed by atoms with Crippen LogP contribution in [-0.4, -0.2) is 62.0 Å². The third kappa shape index (κ3) is 7.08. The van der Waals surface area contributed by atoms with Crippen LogP contribution in [-0.2, 0) is 20.9 Å². The molecule has 0 spiro atoms. The number of rotatable bonds is 9. The summed E-state index contributed by atoms with van der Waals surface area (Å²) in [6.07, 6.45) is -3.77. The molecule has 0 fully saturated rings. The monoisotopic (exact) mass is 648 g/mol.